The second kappa shape index (κ2) is 16.3. The van der Waals surface area contributed by atoms with Gasteiger partial charge < -0.3 is 19.7 Å². The van der Waals surface area contributed by atoms with Crippen LogP contribution in [0.1, 0.15) is 43.7 Å². The average Bonchev–Trinajstić information content (AvgIpc) is 3.63. The standard InChI is InChI=1S/C38H43N3O6S/c1-3-47-33-21-23-35(24-22-33)48(44,45)41(32-18-8-5-9-19-32)28-37(42)40(27-30-15-12-20-34(25-30)46-2)36(26-29-13-6-4-7-14-29)38(43)39-31-16-10-11-17-31/h4-9,12-15,18-25,31,36H,3,10-11,16-17,26-28H2,1-2H3,(H,39,43)/t36-/m1/s1. The summed E-state index contributed by atoms with van der Waals surface area (Å²) in [6.45, 7) is 1.84. The van der Waals surface area contributed by atoms with Crippen molar-refractivity contribution in [1.82, 2.24) is 10.2 Å². The second-order valence-electron chi connectivity index (χ2n) is 11.8. The third-order valence-electron chi connectivity index (χ3n) is 8.51. The van der Waals surface area contributed by atoms with Gasteiger partial charge in [0.15, 0.2) is 0 Å². The molecule has 0 spiro atoms. The fraction of sp³-hybridized carbons (Fsp3) is 0.316. The number of sulfonamides is 1. The Balaban J connectivity index is 1.55. The minimum absolute atomic E-state index is 0.0155. The van der Waals surface area contributed by atoms with Crippen molar-refractivity contribution >= 4 is 27.5 Å². The number of hydrogen-bond donors (Lipinski definition) is 1. The maximum Gasteiger partial charge on any atom is 0.264 e. The van der Waals surface area contributed by atoms with Crippen LogP contribution in [-0.4, -0.2) is 57.5 Å². The van der Waals surface area contributed by atoms with Crippen LogP contribution in [0.5, 0.6) is 11.5 Å². The first-order chi connectivity index (χ1) is 23.3. The molecule has 0 aromatic heterocycles. The minimum Gasteiger partial charge on any atom is -0.497 e. The van der Waals surface area contributed by atoms with Crippen LogP contribution in [0, 0.1) is 0 Å². The molecular weight excluding hydrogens is 627 g/mol. The van der Waals surface area contributed by atoms with Crippen LogP contribution >= 0.6 is 0 Å². The summed E-state index contributed by atoms with van der Waals surface area (Å²) in [6.07, 6.45) is 4.10. The SMILES string of the molecule is CCOc1ccc(S(=O)(=O)N(CC(=O)N(Cc2cccc(OC)c2)[C@H](Cc2ccccc2)C(=O)NC2CCCC2)c2ccccc2)cc1. The number of carbonyl (C=O) groups excluding carboxylic acids is 2. The molecule has 0 radical (unpaired) electrons. The highest BCUT2D eigenvalue weighted by molar-refractivity contribution is 7.92. The highest BCUT2D eigenvalue weighted by Gasteiger charge is 2.35. The zero-order chi connectivity index (χ0) is 33.9. The van der Waals surface area contributed by atoms with Crippen molar-refractivity contribution in [3.63, 3.8) is 0 Å². The van der Waals surface area contributed by atoms with Gasteiger partial charge in [-0.3, -0.25) is 13.9 Å². The predicted octanol–water partition coefficient (Wildman–Crippen LogP) is 5.99. The minimum atomic E-state index is -4.21. The van der Waals surface area contributed by atoms with Crippen LogP contribution in [0.4, 0.5) is 5.69 Å². The van der Waals surface area contributed by atoms with Gasteiger partial charge in [-0.25, -0.2) is 8.42 Å². The van der Waals surface area contributed by atoms with Gasteiger partial charge in [0.2, 0.25) is 11.8 Å². The van der Waals surface area contributed by atoms with Gasteiger partial charge in [-0.15, -0.1) is 0 Å². The number of anilines is 1. The molecule has 5 rings (SSSR count). The predicted molar refractivity (Wildman–Crippen MR) is 186 cm³/mol. The van der Waals surface area contributed by atoms with Crippen molar-refractivity contribution in [1.29, 1.82) is 0 Å². The molecule has 4 aromatic carbocycles. The highest BCUT2D eigenvalue weighted by atomic mass is 32.2. The lowest BCUT2D eigenvalue weighted by Crippen LogP contribution is -2.54. The van der Waals surface area contributed by atoms with Crippen molar-refractivity contribution < 1.29 is 27.5 Å². The number of rotatable bonds is 15. The monoisotopic (exact) mass is 669 g/mol. The molecule has 1 N–H and O–H groups in total. The number of benzene rings is 4. The van der Waals surface area contributed by atoms with Gasteiger partial charge in [0.25, 0.3) is 10.0 Å². The molecule has 4 aromatic rings. The Labute approximate surface area is 283 Å². The number of amides is 2. The summed E-state index contributed by atoms with van der Waals surface area (Å²) in [5.41, 5.74) is 1.96. The van der Waals surface area contributed by atoms with Crippen LogP contribution in [0.3, 0.4) is 0 Å². The van der Waals surface area contributed by atoms with Gasteiger partial charge in [0, 0.05) is 19.0 Å². The summed E-state index contributed by atoms with van der Waals surface area (Å²) in [5, 5.41) is 3.20. The normalized spacial score (nSPS) is 13.8. The highest BCUT2D eigenvalue weighted by Crippen LogP contribution is 2.27. The van der Waals surface area contributed by atoms with Gasteiger partial charge in [0.1, 0.15) is 24.1 Å². The maximum atomic E-state index is 14.7. The Bertz CT molecular complexity index is 1740. The third-order valence-corrected chi connectivity index (χ3v) is 10.3. The fourth-order valence-corrected chi connectivity index (χ4v) is 7.43. The topological polar surface area (TPSA) is 105 Å². The number of nitrogens with one attached hydrogen (secondary N) is 1. The first-order valence-corrected chi connectivity index (χ1v) is 17.8. The van der Waals surface area contributed by atoms with E-state index in [1.807, 2.05) is 61.5 Å². The summed E-state index contributed by atoms with van der Waals surface area (Å²) in [6, 6.07) is 30.7. The molecule has 2 amide bonds. The first-order valence-electron chi connectivity index (χ1n) is 16.4. The van der Waals surface area contributed by atoms with E-state index in [1.165, 1.54) is 17.0 Å². The number of carbonyl (C=O) groups is 2. The van der Waals surface area contributed by atoms with Gasteiger partial charge in [-0.1, -0.05) is 73.5 Å². The van der Waals surface area contributed by atoms with E-state index in [-0.39, 0.29) is 29.8 Å². The summed E-state index contributed by atoms with van der Waals surface area (Å²) in [4.78, 5) is 30.3. The molecule has 0 unspecified atom stereocenters. The van der Waals surface area contributed by atoms with Crippen molar-refractivity contribution in [2.45, 2.75) is 62.6 Å². The number of nitrogens with zero attached hydrogens (tertiary/aromatic N) is 2. The zero-order valence-corrected chi connectivity index (χ0v) is 28.3. The molecule has 0 heterocycles. The molecule has 1 atom stereocenters. The van der Waals surface area contributed by atoms with Crippen molar-refractivity contribution in [3.8, 4) is 11.5 Å². The molecular formula is C38H43N3O6S. The van der Waals surface area contributed by atoms with Gasteiger partial charge in [-0.05, 0) is 79.4 Å². The fourth-order valence-electron chi connectivity index (χ4n) is 6.01. The number of hydrogen-bond acceptors (Lipinski definition) is 6. The lowest BCUT2D eigenvalue weighted by atomic mass is 10.0. The van der Waals surface area contributed by atoms with E-state index in [1.54, 1.807) is 49.6 Å². The summed E-state index contributed by atoms with van der Waals surface area (Å²) in [7, 11) is -2.64. The number of ether oxygens (including phenoxy) is 2. The van der Waals surface area contributed by atoms with E-state index in [0.29, 0.717) is 23.8 Å². The number of methoxy groups -OCH3 is 1. The third kappa shape index (κ3) is 8.74. The summed E-state index contributed by atoms with van der Waals surface area (Å²) < 4.78 is 40.6. The molecule has 0 bridgehead atoms. The Kier molecular flexibility index (Phi) is 11.7. The Morgan fingerprint density at radius 3 is 2.12 bits per heavy atom. The maximum absolute atomic E-state index is 14.7. The average molecular weight is 670 g/mol. The molecule has 1 saturated carbocycles. The van der Waals surface area contributed by atoms with E-state index in [9.17, 15) is 18.0 Å². The summed E-state index contributed by atoms with van der Waals surface area (Å²) >= 11 is 0. The molecule has 9 nitrogen and oxygen atoms in total. The summed E-state index contributed by atoms with van der Waals surface area (Å²) in [5.74, 6) is 0.375. The van der Waals surface area contributed by atoms with Crippen molar-refractivity contribution in [2.75, 3.05) is 24.6 Å². The molecule has 252 valence electrons. The molecule has 0 saturated heterocycles. The van der Waals surface area contributed by atoms with E-state index >= 15 is 0 Å². The van der Waals surface area contributed by atoms with Gasteiger partial charge >= 0.3 is 0 Å². The second-order valence-corrected chi connectivity index (χ2v) is 13.7. The zero-order valence-electron chi connectivity index (χ0n) is 27.5. The van der Waals surface area contributed by atoms with Crippen LogP contribution in [0.15, 0.2) is 114 Å². The van der Waals surface area contributed by atoms with Crippen molar-refractivity contribution in [2.24, 2.45) is 0 Å². The molecule has 1 aliphatic carbocycles. The van der Waals surface area contributed by atoms with E-state index in [2.05, 4.69) is 5.32 Å². The van der Waals surface area contributed by atoms with E-state index < -0.39 is 28.5 Å². The molecule has 10 heteroatoms. The molecule has 1 fully saturated rings. The quantitative estimate of drug-likeness (QED) is 0.167. The Hall–Kier alpha value is -4.83. The lowest BCUT2D eigenvalue weighted by Gasteiger charge is -2.34. The van der Waals surface area contributed by atoms with E-state index in [4.69, 9.17) is 9.47 Å². The van der Waals surface area contributed by atoms with Crippen LogP contribution in [-0.2, 0) is 32.6 Å². The lowest BCUT2D eigenvalue weighted by molar-refractivity contribution is -0.140. The Morgan fingerprint density at radius 2 is 1.48 bits per heavy atom. The van der Waals surface area contributed by atoms with Gasteiger partial charge in [-0.2, -0.15) is 0 Å². The Morgan fingerprint density at radius 1 is 0.833 bits per heavy atom. The molecule has 1 aliphatic rings. The van der Waals surface area contributed by atoms with Crippen molar-refractivity contribution in [3.05, 3.63) is 120 Å². The van der Waals surface area contributed by atoms with Gasteiger partial charge in [0.05, 0.1) is 24.3 Å². The van der Waals surface area contributed by atoms with Crippen LogP contribution in [0.25, 0.3) is 0 Å². The van der Waals surface area contributed by atoms with Crippen LogP contribution in [0.2, 0.25) is 0 Å². The van der Waals surface area contributed by atoms with E-state index in [0.717, 1.165) is 41.1 Å². The largest absolute Gasteiger partial charge is 0.497 e. The molecule has 0 aliphatic heterocycles. The number of para-hydroxylation sites is 1. The molecule has 48 heavy (non-hydrogen) atoms. The van der Waals surface area contributed by atoms with Crippen LogP contribution < -0.4 is 19.1 Å². The first kappa shape index (κ1) is 34.5. The smallest absolute Gasteiger partial charge is 0.264 e.